The summed E-state index contributed by atoms with van der Waals surface area (Å²) in [6.45, 7) is 7.07. The highest BCUT2D eigenvalue weighted by Gasteiger charge is 2.36. The van der Waals surface area contributed by atoms with Crippen molar-refractivity contribution in [2.75, 3.05) is 31.1 Å². The summed E-state index contributed by atoms with van der Waals surface area (Å²) in [5.41, 5.74) is 0.822. The van der Waals surface area contributed by atoms with Gasteiger partial charge in [-0.2, -0.15) is 18.4 Å². The molecule has 3 heterocycles. The topological polar surface area (TPSA) is 88.4 Å². The van der Waals surface area contributed by atoms with Crippen molar-refractivity contribution in [3.8, 4) is 6.07 Å². The number of amides is 2. The smallest absolute Gasteiger partial charge is 0.337 e. The third-order valence-electron chi connectivity index (χ3n) is 6.85. The van der Waals surface area contributed by atoms with E-state index in [2.05, 4.69) is 26.3 Å². The first-order valence-electron chi connectivity index (χ1n) is 12.1. The lowest BCUT2D eigenvalue weighted by Crippen LogP contribution is -2.62. The zero-order valence-corrected chi connectivity index (χ0v) is 20.4. The van der Waals surface area contributed by atoms with Crippen molar-refractivity contribution in [3.63, 3.8) is 0 Å². The number of carbonyl (C=O) groups is 1. The van der Waals surface area contributed by atoms with Crippen molar-refractivity contribution in [3.05, 3.63) is 53.3 Å². The number of aromatic nitrogens is 2. The maximum Gasteiger partial charge on any atom is 0.419 e. The fourth-order valence-electron chi connectivity index (χ4n) is 5.01. The van der Waals surface area contributed by atoms with Gasteiger partial charge >= 0.3 is 12.2 Å². The largest absolute Gasteiger partial charge is 0.419 e. The van der Waals surface area contributed by atoms with E-state index in [1.54, 1.807) is 4.90 Å². The molecule has 2 atom stereocenters. The van der Waals surface area contributed by atoms with Gasteiger partial charge in [0, 0.05) is 63.2 Å². The Morgan fingerprint density at radius 3 is 2.31 bits per heavy atom. The van der Waals surface area contributed by atoms with E-state index in [-0.39, 0.29) is 30.1 Å². The number of likely N-dealkylation sites (tertiary alicyclic amines) is 1. The van der Waals surface area contributed by atoms with Crippen LogP contribution in [0.4, 0.5) is 23.9 Å². The quantitative estimate of drug-likeness (QED) is 0.688. The molecule has 2 aromatic rings. The number of piperidine rings is 1. The third-order valence-corrected chi connectivity index (χ3v) is 6.85. The number of alkyl halides is 3. The van der Waals surface area contributed by atoms with Crippen molar-refractivity contribution < 1.29 is 18.0 Å². The van der Waals surface area contributed by atoms with E-state index in [4.69, 9.17) is 0 Å². The fraction of sp³-hybridized carbons (Fsp3) is 0.520. The monoisotopic (exact) mass is 501 g/mol. The van der Waals surface area contributed by atoms with Crippen LogP contribution >= 0.6 is 0 Å². The molecule has 2 fully saturated rings. The molecule has 1 aromatic carbocycles. The molecular weight excluding hydrogens is 471 g/mol. The van der Waals surface area contributed by atoms with Crippen LogP contribution in [0.5, 0.6) is 0 Å². The van der Waals surface area contributed by atoms with Gasteiger partial charge in [-0.1, -0.05) is 18.2 Å². The highest BCUT2D eigenvalue weighted by molar-refractivity contribution is 5.75. The Labute approximate surface area is 208 Å². The first kappa shape index (κ1) is 25.7. The predicted octanol–water partition coefficient (Wildman–Crippen LogP) is 3.64. The first-order valence-corrected chi connectivity index (χ1v) is 12.1. The molecule has 0 saturated carbocycles. The van der Waals surface area contributed by atoms with Crippen LogP contribution in [0.3, 0.4) is 0 Å². The van der Waals surface area contributed by atoms with Gasteiger partial charge in [-0.3, -0.25) is 4.90 Å². The van der Waals surface area contributed by atoms with Crippen LogP contribution in [-0.2, 0) is 12.7 Å². The van der Waals surface area contributed by atoms with Crippen LogP contribution in [0.15, 0.2) is 36.7 Å². The molecule has 11 heteroatoms. The van der Waals surface area contributed by atoms with Crippen LogP contribution in [0.1, 0.15) is 43.4 Å². The van der Waals surface area contributed by atoms with E-state index in [0.717, 1.165) is 43.9 Å². The summed E-state index contributed by atoms with van der Waals surface area (Å²) < 4.78 is 38.4. The lowest BCUT2D eigenvalue weighted by atomic mass is 10.0. The molecule has 2 aliphatic heterocycles. The Hall–Kier alpha value is -3.39. The van der Waals surface area contributed by atoms with Crippen LogP contribution in [0.25, 0.3) is 0 Å². The Balaban J connectivity index is 1.29. The average molecular weight is 502 g/mol. The zero-order valence-electron chi connectivity index (χ0n) is 20.4. The highest BCUT2D eigenvalue weighted by Crippen LogP contribution is 2.29. The number of nitrogens with one attached hydrogen (secondary N) is 1. The van der Waals surface area contributed by atoms with E-state index >= 15 is 0 Å². The van der Waals surface area contributed by atoms with Gasteiger partial charge < -0.3 is 15.1 Å². The minimum Gasteiger partial charge on any atom is -0.337 e. The minimum absolute atomic E-state index is 0.0654. The Kier molecular flexibility index (Phi) is 7.64. The number of hydrogen-bond donors (Lipinski definition) is 1. The number of halogens is 3. The third kappa shape index (κ3) is 5.87. The lowest BCUT2D eigenvalue weighted by Gasteiger charge is -2.45. The van der Waals surface area contributed by atoms with E-state index in [9.17, 15) is 23.2 Å². The van der Waals surface area contributed by atoms with E-state index in [1.807, 2.05) is 43.0 Å². The van der Waals surface area contributed by atoms with E-state index in [1.165, 1.54) is 0 Å². The molecule has 2 saturated heterocycles. The van der Waals surface area contributed by atoms with Crippen LogP contribution < -0.4 is 10.2 Å². The summed E-state index contributed by atoms with van der Waals surface area (Å²) in [5.74, 6) is 0.229. The normalized spacial score (nSPS) is 21.8. The van der Waals surface area contributed by atoms with Gasteiger partial charge in [0.2, 0.25) is 5.95 Å². The number of anilines is 1. The van der Waals surface area contributed by atoms with Crippen molar-refractivity contribution >= 4 is 12.0 Å². The predicted molar refractivity (Wildman–Crippen MR) is 128 cm³/mol. The van der Waals surface area contributed by atoms with Gasteiger partial charge in [-0.05, 0) is 38.3 Å². The van der Waals surface area contributed by atoms with Gasteiger partial charge in [0.1, 0.15) is 0 Å². The van der Waals surface area contributed by atoms with Gasteiger partial charge in [0.15, 0.2) is 0 Å². The number of urea groups is 1. The number of nitrogens with zero attached hydrogens (tertiary/aromatic N) is 6. The first-order chi connectivity index (χ1) is 17.2. The highest BCUT2D eigenvalue weighted by atomic mass is 19.4. The van der Waals surface area contributed by atoms with Gasteiger partial charge in [0.25, 0.3) is 0 Å². The Bertz CT molecular complexity index is 1080. The maximum absolute atomic E-state index is 13.1. The molecule has 192 valence electrons. The van der Waals surface area contributed by atoms with Gasteiger partial charge in [-0.15, -0.1) is 0 Å². The number of piperazine rings is 1. The molecule has 0 aliphatic carbocycles. The number of carbonyl (C=O) groups excluding carboxylic acids is 1. The molecule has 1 aromatic heterocycles. The molecule has 0 spiro atoms. The van der Waals surface area contributed by atoms with Crippen molar-refractivity contribution in [2.45, 2.75) is 57.5 Å². The van der Waals surface area contributed by atoms with Crippen LogP contribution in [0, 0.1) is 11.3 Å². The van der Waals surface area contributed by atoms with Crippen LogP contribution in [-0.4, -0.2) is 70.1 Å². The molecule has 2 amide bonds. The summed E-state index contributed by atoms with van der Waals surface area (Å²) in [7, 11) is 0. The van der Waals surface area contributed by atoms with E-state index in [0.29, 0.717) is 25.2 Å². The molecule has 8 nitrogen and oxygen atoms in total. The summed E-state index contributed by atoms with van der Waals surface area (Å²) in [6.07, 6.45) is -1.25. The molecule has 36 heavy (non-hydrogen) atoms. The average Bonchev–Trinajstić information content (AvgIpc) is 2.84. The summed E-state index contributed by atoms with van der Waals surface area (Å²) in [5, 5.41) is 12.5. The lowest BCUT2D eigenvalue weighted by molar-refractivity contribution is -0.138. The number of nitriles is 1. The molecule has 0 unspecified atom stereocenters. The standard InChI is InChI=1S/C25H30F3N7O/c1-17-14-34(23-30-12-21(13-31-23)25(26,27)28)15-18(2)35(17)24(36)32-22-7-9-33(10-8-22)16-20-6-4-3-5-19(20)11-29/h3-6,12-13,17-18,22H,7-10,14-16H2,1-2H3,(H,32,36)/t17-,18+. The second-order valence-corrected chi connectivity index (χ2v) is 9.55. The Morgan fingerprint density at radius 1 is 1.11 bits per heavy atom. The molecule has 0 radical (unpaired) electrons. The summed E-state index contributed by atoms with van der Waals surface area (Å²) in [6, 6.07) is 9.46. The zero-order chi connectivity index (χ0) is 25.9. The molecule has 1 N–H and O–H groups in total. The number of benzene rings is 1. The molecule has 0 bridgehead atoms. The van der Waals surface area contributed by atoms with Crippen molar-refractivity contribution in [1.29, 1.82) is 5.26 Å². The van der Waals surface area contributed by atoms with Gasteiger partial charge in [0.05, 0.1) is 17.2 Å². The summed E-state index contributed by atoms with van der Waals surface area (Å²) in [4.78, 5) is 26.9. The second kappa shape index (κ2) is 10.7. The SMILES string of the molecule is C[C@@H]1CN(c2ncc(C(F)(F)F)cn2)C[C@H](C)N1C(=O)NC1CCN(Cc2ccccc2C#N)CC1. The minimum atomic E-state index is -4.48. The molecule has 2 aliphatic rings. The van der Waals surface area contributed by atoms with Crippen molar-refractivity contribution in [2.24, 2.45) is 0 Å². The Morgan fingerprint density at radius 2 is 1.72 bits per heavy atom. The van der Waals surface area contributed by atoms with Crippen molar-refractivity contribution in [1.82, 2.24) is 25.1 Å². The molecule has 4 rings (SSSR count). The molecular formula is C25H30F3N7O. The number of hydrogen-bond acceptors (Lipinski definition) is 6. The summed E-state index contributed by atoms with van der Waals surface area (Å²) >= 11 is 0. The fourth-order valence-corrected chi connectivity index (χ4v) is 5.01. The number of rotatable bonds is 4. The maximum atomic E-state index is 13.1. The van der Waals surface area contributed by atoms with Gasteiger partial charge in [-0.25, -0.2) is 14.8 Å². The second-order valence-electron chi connectivity index (χ2n) is 9.55. The van der Waals surface area contributed by atoms with E-state index < -0.39 is 11.7 Å². The van der Waals surface area contributed by atoms with Crippen LogP contribution in [0.2, 0.25) is 0 Å².